The molecule has 1 aromatic carbocycles. The Kier molecular flexibility index (Phi) is 1.96. The topological polar surface area (TPSA) is 55.4 Å². The summed E-state index contributed by atoms with van der Waals surface area (Å²) in [4.78, 5) is 22.0. The molecule has 1 aliphatic heterocycles. The summed E-state index contributed by atoms with van der Waals surface area (Å²) in [6, 6.07) is 7.32. The zero-order chi connectivity index (χ0) is 10.1. The predicted octanol–water partition coefficient (Wildman–Crippen LogP) is 1.30. The minimum atomic E-state index is -0.789. The summed E-state index contributed by atoms with van der Waals surface area (Å²) in [5, 5.41) is 2.08. The number of hydrogen-bond donors (Lipinski definition) is 1. The number of carbonyl (C=O) groups excluding carboxylic acids is 2. The highest BCUT2D eigenvalue weighted by Crippen LogP contribution is 2.22. The molecule has 0 aromatic heterocycles. The van der Waals surface area contributed by atoms with E-state index in [0.29, 0.717) is 5.56 Å². The molecule has 0 aliphatic carbocycles. The van der Waals surface area contributed by atoms with Gasteiger partial charge in [-0.15, -0.1) is 0 Å². The third-order valence-electron chi connectivity index (χ3n) is 2.03. The first-order valence-corrected chi connectivity index (χ1v) is 4.25. The molecule has 1 aliphatic rings. The average molecular weight is 191 g/mol. The number of hydrogen-bond acceptors (Lipinski definition) is 3. The Hall–Kier alpha value is -1.84. The predicted molar refractivity (Wildman–Crippen MR) is 48.5 cm³/mol. The number of aryl methyl sites for hydroxylation is 1. The Bertz CT molecular complexity index is 400. The number of amides is 2. The summed E-state index contributed by atoms with van der Waals surface area (Å²) >= 11 is 0. The van der Waals surface area contributed by atoms with E-state index in [0.717, 1.165) is 5.56 Å². The Balaban J connectivity index is 2.31. The number of benzene rings is 1. The highest BCUT2D eigenvalue weighted by atomic mass is 16.6. The quantitative estimate of drug-likeness (QED) is 0.727. The standard InChI is InChI=1S/C10H9NO3/c1-6-3-2-4-7(5-6)8-9(12)11-10(13)14-8/h2-5,8H,1H3,(H,11,12,13). The lowest BCUT2D eigenvalue weighted by Crippen LogP contribution is -2.20. The normalized spacial score (nSPS) is 20.5. The van der Waals surface area contributed by atoms with Gasteiger partial charge in [0.1, 0.15) is 0 Å². The molecular weight excluding hydrogens is 182 g/mol. The van der Waals surface area contributed by atoms with Crippen LogP contribution in [0.25, 0.3) is 0 Å². The molecule has 2 amide bonds. The second-order valence-corrected chi connectivity index (χ2v) is 3.19. The van der Waals surface area contributed by atoms with Crippen molar-refractivity contribution in [1.82, 2.24) is 5.32 Å². The Morgan fingerprint density at radius 3 is 2.71 bits per heavy atom. The van der Waals surface area contributed by atoms with E-state index in [9.17, 15) is 9.59 Å². The van der Waals surface area contributed by atoms with E-state index in [1.807, 2.05) is 25.1 Å². The van der Waals surface area contributed by atoms with Gasteiger partial charge in [0.15, 0.2) is 0 Å². The van der Waals surface area contributed by atoms with Crippen LogP contribution in [0.15, 0.2) is 24.3 Å². The molecule has 4 heteroatoms. The minimum Gasteiger partial charge on any atom is -0.431 e. The zero-order valence-electron chi connectivity index (χ0n) is 7.61. The molecule has 1 unspecified atom stereocenters. The van der Waals surface area contributed by atoms with Gasteiger partial charge in [0, 0.05) is 5.56 Å². The molecule has 0 spiro atoms. The molecule has 1 aromatic rings. The van der Waals surface area contributed by atoms with Gasteiger partial charge in [-0.25, -0.2) is 4.79 Å². The van der Waals surface area contributed by atoms with Crippen LogP contribution >= 0.6 is 0 Å². The molecule has 72 valence electrons. The molecule has 14 heavy (non-hydrogen) atoms. The molecule has 4 nitrogen and oxygen atoms in total. The number of alkyl carbamates (subject to hydrolysis) is 1. The lowest BCUT2D eigenvalue weighted by molar-refractivity contribution is -0.123. The summed E-state index contributed by atoms with van der Waals surface area (Å²) in [6.07, 6.45) is -1.47. The van der Waals surface area contributed by atoms with Crippen molar-refractivity contribution in [3.05, 3.63) is 35.4 Å². The highest BCUT2D eigenvalue weighted by Gasteiger charge is 2.33. The lowest BCUT2D eigenvalue weighted by Gasteiger charge is -2.06. The van der Waals surface area contributed by atoms with Crippen LogP contribution in [0.3, 0.4) is 0 Å². The molecule has 1 fully saturated rings. The summed E-state index contributed by atoms with van der Waals surface area (Å²) in [6.45, 7) is 1.91. The van der Waals surface area contributed by atoms with E-state index in [2.05, 4.69) is 5.32 Å². The fourth-order valence-corrected chi connectivity index (χ4v) is 1.41. The summed E-state index contributed by atoms with van der Waals surface area (Å²) < 4.78 is 4.82. The van der Waals surface area contributed by atoms with Gasteiger partial charge in [0.05, 0.1) is 0 Å². The van der Waals surface area contributed by atoms with Gasteiger partial charge in [-0.1, -0.05) is 29.8 Å². The van der Waals surface area contributed by atoms with Crippen molar-refractivity contribution in [2.24, 2.45) is 0 Å². The fourth-order valence-electron chi connectivity index (χ4n) is 1.41. The molecule has 0 saturated carbocycles. The van der Waals surface area contributed by atoms with Crippen molar-refractivity contribution < 1.29 is 14.3 Å². The van der Waals surface area contributed by atoms with Gasteiger partial charge in [-0.05, 0) is 6.92 Å². The van der Waals surface area contributed by atoms with Crippen LogP contribution in [0.4, 0.5) is 4.79 Å². The van der Waals surface area contributed by atoms with Crippen molar-refractivity contribution >= 4 is 12.0 Å². The Morgan fingerprint density at radius 2 is 2.14 bits per heavy atom. The minimum absolute atomic E-state index is 0.402. The third-order valence-corrected chi connectivity index (χ3v) is 2.03. The van der Waals surface area contributed by atoms with Crippen LogP contribution in [-0.4, -0.2) is 12.0 Å². The van der Waals surface area contributed by atoms with Crippen molar-refractivity contribution in [2.75, 3.05) is 0 Å². The van der Waals surface area contributed by atoms with Gasteiger partial charge < -0.3 is 4.74 Å². The maximum Gasteiger partial charge on any atom is 0.415 e. The molecule has 1 heterocycles. The van der Waals surface area contributed by atoms with Crippen LogP contribution < -0.4 is 5.32 Å². The average Bonchev–Trinajstić information content (AvgIpc) is 2.45. The maximum atomic E-state index is 11.2. The first kappa shape index (κ1) is 8.74. The molecule has 2 rings (SSSR count). The first-order chi connectivity index (χ1) is 6.66. The second-order valence-electron chi connectivity index (χ2n) is 3.19. The SMILES string of the molecule is Cc1cccc(C2OC(=O)NC2=O)c1. The van der Waals surface area contributed by atoms with E-state index in [1.54, 1.807) is 6.07 Å². The number of cyclic esters (lactones) is 1. The first-order valence-electron chi connectivity index (χ1n) is 4.25. The van der Waals surface area contributed by atoms with Gasteiger partial charge >= 0.3 is 6.09 Å². The summed E-state index contributed by atoms with van der Waals surface area (Å²) in [5.74, 6) is -0.402. The number of rotatable bonds is 1. The molecule has 0 radical (unpaired) electrons. The maximum absolute atomic E-state index is 11.2. The van der Waals surface area contributed by atoms with Crippen LogP contribution in [0.5, 0.6) is 0 Å². The van der Waals surface area contributed by atoms with E-state index < -0.39 is 18.1 Å². The molecule has 1 N–H and O–H groups in total. The van der Waals surface area contributed by atoms with Crippen LogP contribution in [-0.2, 0) is 9.53 Å². The van der Waals surface area contributed by atoms with Crippen LogP contribution in [0.1, 0.15) is 17.2 Å². The molecule has 1 saturated heterocycles. The zero-order valence-corrected chi connectivity index (χ0v) is 7.61. The monoisotopic (exact) mass is 191 g/mol. The largest absolute Gasteiger partial charge is 0.431 e. The number of imide groups is 1. The molecular formula is C10H9NO3. The van der Waals surface area contributed by atoms with Gasteiger partial charge in [-0.2, -0.15) is 0 Å². The highest BCUT2D eigenvalue weighted by molar-refractivity contribution is 6.00. The fraction of sp³-hybridized carbons (Fsp3) is 0.200. The van der Waals surface area contributed by atoms with Crippen molar-refractivity contribution in [3.63, 3.8) is 0 Å². The number of nitrogens with one attached hydrogen (secondary N) is 1. The number of ether oxygens (including phenoxy) is 1. The third kappa shape index (κ3) is 1.46. The van der Waals surface area contributed by atoms with Crippen molar-refractivity contribution in [3.8, 4) is 0 Å². The van der Waals surface area contributed by atoms with Crippen molar-refractivity contribution in [2.45, 2.75) is 13.0 Å². The van der Waals surface area contributed by atoms with E-state index >= 15 is 0 Å². The Morgan fingerprint density at radius 1 is 1.36 bits per heavy atom. The second kappa shape index (κ2) is 3.14. The molecule has 0 bridgehead atoms. The van der Waals surface area contributed by atoms with E-state index in [-0.39, 0.29) is 0 Å². The van der Waals surface area contributed by atoms with Gasteiger partial charge in [0.25, 0.3) is 5.91 Å². The lowest BCUT2D eigenvalue weighted by atomic mass is 10.1. The summed E-state index contributed by atoms with van der Waals surface area (Å²) in [5.41, 5.74) is 1.73. The van der Waals surface area contributed by atoms with Gasteiger partial charge in [0.2, 0.25) is 6.10 Å². The summed E-state index contributed by atoms with van der Waals surface area (Å²) in [7, 11) is 0. The van der Waals surface area contributed by atoms with Crippen LogP contribution in [0.2, 0.25) is 0 Å². The van der Waals surface area contributed by atoms with E-state index in [1.165, 1.54) is 0 Å². The smallest absolute Gasteiger partial charge is 0.415 e. The van der Waals surface area contributed by atoms with Crippen molar-refractivity contribution in [1.29, 1.82) is 0 Å². The Labute approximate surface area is 80.9 Å². The molecule has 1 atom stereocenters. The number of carbonyl (C=O) groups is 2. The van der Waals surface area contributed by atoms with E-state index in [4.69, 9.17) is 4.74 Å². The van der Waals surface area contributed by atoms with Gasteiger partial charge in [-0.3, -0.25) is 10.1 Å². The van der Waals surface area contributed by atoms with Crippen LogP contribution in [0, 0.1) is 6.92 Å².